The third-order valence-electron chi connectivity index (χ3n) is 7.36. The quantitative estimate of drug-likeness (QED) is 0.156. The molecule has 7 rings (SSSR count). The summed E-state index contributed by atoms with van der Waals surface area (Å²) in [5.41, 5.74) is 5.47. The number of pyridine rings is 1. The summed E-state index contributed by atoms with van der Waals surface area (Å²) in [5.74, 6) is 1.15. The molecule has 1 radical (unpaired) electrons. The molecular weight excluding hydrogens is 595 g/mol. The molecule has 0 saturated heterocycles. The number of imidazole rings is 1. The number of nitrogens with zero attached hydrogens (tertiary/aromatic N) is 4. The first kappa shape index (κ1) is 28.6. The topological polar surface area (TPSA) is 77.3 Å². The van der Waals surface area contributed by atoms with Crippen LogP contribution in [0.1, 0.15) is 0 Å². The maximum absolute atomic E-state index is 14.3. The van der Waals surface area contributed by atoms with E-state index in [9.17, 15) is 8.42 Å². The molecule has 7 aromatic rings. The highest BCUT2D eigenvalue weighted by atomic mass is 32.2. The molecule has 0 unspecified atom stereocenters. The monoisotopic (exact) mass is 621 g/mol. The van der Waals surface area contributed by atoms with Gasteiger partial charge in [-0.25, -0.2) is 18.4 Å². The van der Waals surface area contributed by atoms with Gasteiger partial charge in [0.15, 0.2) is 5.65 Å². The molecule has 0 atom stereocenters. The highest BCUT2D eigenvalue weighted by Crippen LogP contribution is 2.36. The first-order valence-electron chi connectivity index (χ1n) is 14.3. The number of para-hydroxylation sites is 2. The van der Waals surface area contributed by atoms with Gasteiger partial charge in [-0.2, -0.15) is 0 Å². The van der Waals surface area contributed by atoms with Gasteiger partial charge in [-0.3, -0.25) is 4.57 Å². The van der Waals surface area contributed by atoms with Crippen LogP contribution in [0, 0.1) is 0 Å². The highest BCUT2D eigenvalue weighted by Gasteiger charge is 2.32. The summed E-state index contributed by atoms with van der Waals surface area (Å²) >= 11 is -1.26. The average molecular weight is 622 g/mol. The fourth-order valence-corrected chi connectivity index (χ4v) is 7.99. The van der Waals surface area contributed by atoms with Gasteiger partial charge in [-0.15, -0.1) is 0 Å². The smallest absolute Gasteiger partial charge is 0.631 e. The second-order valence-corrected chi connectivity index (χ2v) is 13.3. The van der Waals surface area contributed by atoms with E-state index in [0.29, 0.717) is 34.0 Å². The van der Waals surface area contributed by atoms with Crippen molar-refractivity contribution in [2.45, 2.75) is 4.90 Å². The van der Waals surface area contributed by atoms with Crippen LogP contribution in [-0.4, -0.2) is 38.7 Å². The van der Waals surface area contributed by atoms with Crippen molar-refractivity contribution >= 4 is 42.6 Å². The number of benzene rings is 5. The minimum Gasteiger partial charge on any atom is -0.631 e. The third kappa shape index (κ3) is 5.73. The number of hydrogen-bond acceptors (Lipinski definition) is 5. The number of sulfonamides is 1. The number of fused-ring (bicyclic) bond motifs is 1. The zero-order chi connectivity index (χ0) is 30.6. The SMILES string of the molecule is O=S(=O)(c1ccccc1)[N]([Al][O]c1ccc(-c2ccccc2)cc1)c1ccccc1-c1nc2cccnc2n1-c1ccccc1. The molecule has 0 spiro atoms. The van der Waals surface area contributed by atoms with Gasteiger partial charge in [0, 0.05) is 23.1 Å². The lowest BCUT2D eigenvalue weighted by Crippen LogP contribution is -2.38. The van der Waals surface area contributed by atoms with Crippen LogP contribution in [-0.2, 0) is 10.0 Å². The van der Waals surface area contributed by atoms with E-state index in [4.69, 9.17) is 8.77 Å². The number of hydrogen-bond donors (Lipinski definition) is 0. The number of aromatic nitrogens is 3. The van der Waals surface area contributed by atoms with Crippen molar-refractivity contribution in [3.05, 3.63) is 158 Å². The normalized spacial score (nSPS) is 11.3. The summed E-state index contributed by atoms with van der Waals surface area (Å²) in [5, 5.41) is 0. The zero-order valence-corrected chi connectivity index (χ0v) is 26.0. The first-order valence-corrected chi connectivity index (χ1v) is 16.8. The summed E-state index contributed by atoms with van der Waals surface area (Å²) in [7, 11) is -4.02. The Balaban J connectivity index is 1.33. The lowest BCUT2D eigenvalue weighted by atomic mass is 10.1. The summed E-state index contributed by atoms with van der Waals surface area (Å²) < 4.78 is 38.3. The fourth-order valence-electron chi connectivity index (χ4n) is 5.18. The maximum atomic E-state index is 14.3. The van der Waals surface area contributed by atoms with Gasteiger partial charge in [0.05, 0.1) is 10.6 Å². The Hall–Kier alpha value is -5.20. The third-order valence-corrected chi connectivity index (χ3v) is 10.9. The Morgan fingerprint density at radius 3 is 2.00 bits per heavy atom. The van der Waals surface area contributed by atoms with Crippen LogP contribution in [0.5, 0.6) is 5.75 Å². The van der Waals surface area contributed by atoms with Crippen LogP contribution in [0.3, 0.4) is 0 Å². The number of rotatable bonds is 9. The van der Waals surface area contributed by atoms with Crippen LogP contribution < -0.4 is 7.08 Å². The van der Waals surface area contributed by atoms with Gasteiger partial charge in [0.2, 0.25) is 10.0 Å². The highest BCUT2D eigenvalue weighted by molar-refractivity contribution is 7.94. The van der Waals surface area contributed by atoms with Gasteiger partial charge >= 0.3 is 15.8 Å². The van der Waals surface area contributed by atoms with Gasteiger partial charge in [0.1, 0.15) is 11.3 Å². The molecule has 45 heavy (non-hydrogen) atoms. The van der Waals surface area contributed by atoms with Gasteiger partial charge in [-0.1, -0.05) is 91.0 Å². The predicted octanol–water partition coefficient (Wildman–Crippen LogP) is 7.56. The second kappa shape index (κ2) is 12.4. The lowest BCUT2D eigenvalue weighted by Gasteiger charge is -2.26. The Kier molecular flexibility index (Phi) is 7.89. The molecule has 0 aliphatic carbocycles. The molecule has 0 fully saturated rings. The largest absolute Gasteiger partial charge is 0.730 e. The number of anilines is 1. The Morgan fingerprint density at radius 2 is 1.27 bits per heavy atom. The van der Waals surface area contributed by atoms with Crippen molar-refractivity contribution < 1.29 is 12.2 Å². The zero-order valence-electron chi connectivity index (χ0n) is 24.0. The summed E-state index contributed by atoms with van der Waals surface area (Å²) in [6, 6.07) is 47.1. The van der Waals surface area contributed by atoms with Crippen molar-refractivity contribution in [2.24, 2.45) is 0 Å². The van der Waals surface area contributed by atoms with E-state index >= 15 is 0 Å². The molecular formula is C36H26AlN4O3S. The van der Waals surface area contributed by atoms with Crippen LogP contribution in [0.15, 0.2) is 163 Å². The van der Waals surface area contributed by atoms with E-state index in [1.54, 1.807) is 42.6 Å². The standard InChI is InChI=1S/C24H17N4O2S.C12H10O.Al/c29-31(30,19-12-5-2-6-13-19)27-21-15-8-7-14-20(21)23-26-22-16-9-17-25-24(22)28(23)18-10-3-1-4-11-18;13-12-8-6-11(7-9-12)10-4-2-1-3-5-10;/h1-17H;1-9,13H;/q-1;;+2/p-1. The molecule has 0 bridgehead atoms. The van der Waals surface area contributed by atoms with E-state index in [0.717, 1.165) is 16.8 Å². The summed E-state index contributed by atoms with van der Waals surface area (Å²) in [6.07, 6.45) is 1.73. The maximum Gasteiger partial charge on any atom is 0.730 e. The molecule has 0 N–H and O–H groups in total. The average Bonchev–Trinajstić information content (AvgIpc) is 3.49. The summed E-state index contributed by atoms with van der Waals surface area (Å²) in [4.78, 5) is 9.76. The molecule has 9 heteroatoms. The molecule has 217 valence electrons. The van der Waals surface area contributed by atoms with Crippen LogP contribution >= 0.6 is 0 Å². The minimum atomic E-state index is -4.02. The van der Waals surface area contributed by atoms with Gasteiger partial charge < -0.3 is 7.08 Å². The van der Waals surface area contributed by atoms with Gasteiger partial charge in [0.25, 0.3) is 0 Å². The fraction of sp³-hybridized carbons (Fsp3) is 0. The summed E-state index contributed by atoms with van der Waals surface area (Å²) in [6.45, 7) is 0. The van der Waals surface area contributed by atoms with Crippen molar-refractivity contribution in [3.8, 4) is 34.0 Å². The van der Waals surface area contributed by atoms with Crippen LogP contribution in [0.4, 0.5) is 5.69 Å². The van der Waals surface area contributed by atoms with Crippen molar-refractivity contribution in [1.29, 1.82) is 0 Å². The molecule has 0 saturated carbocycles. The lowest BCUT2D eigenvalue weighted by molar-refractivity contribution is 0.580. The Labute approximate surface area is 268 Å². The molecule has 2 aromatic heterocycles. The Bertz CT molecular complexity index is 2180. The van der Waals surface area contributed by atoms with E-state index in [2.05, 4.69) is 4.98 Å². The van der Waals surface area contributed by atoms with E-state index in [-0.39, 0.29) is 4.90 Å². The first-order chi connectivity index (χ1) is 22.1. The second-order valence-electron chi connectivity index (χ2n) is 10.2. The van der Waals surface area contributed by atoms with E-state index < -0.39 is 25.8 Å². The minimum absolute atomic E-state index is 0.175. The molecule has 0 amide bonds. The van der Waals surface area contributed by atoms with Crippen molar-refractivity contribution in [1.82, 2.24) is 14.5 Å². The molecule has 0 aliphatic heterocycles. The Morgan fingerprint density at radius 1 is 0.644 bits per heavy atom. The predicted molar refractivity (Wildman–Crippen MR) is 179 cm³/mol. The molecule has 0 aliphatic rings. The molecule has 7 nitrogen and oxygen atoms in total. The van der Waals surface area contributed by atoms with Crippen LogP contribution in [0.2, 0.25) is 0 Å². The van der Waals surface area contributed by atoms with E-state index in [1.165, 1.54) is 3.29 Å². The van der Waals surface area contributed by atoms with Crippen molar-refractivity contribution in [2.75, 3.05) is 3.29 Å². The van der Waals surface area contributed by atoms with Gasteiger partial charge in [-0.05, 0) is 71.8 Å². The molecule has 2 heterocycles. The van der Waals surface area contributed by atoms with E-state index in [1.807, 2.05) is 120 Å². The van der Waals surface area contributed by atoms with Crippen molar-refractivity contribution in [3.63, 3.8) is 0 Å². The molecule has 5 aromatic carbocycles. The van der Waals surface area contributed by atoms with Crippen LogP contribution in [0.25, 0.3) is 39.4 Å².